The highest BCUT2D eigenvalue weighted by atomic mass is 16.5. The molecule has 162 valence electrons. The molecule has 1 unspecified atom stereocenters. The van der Waals surface area contributed by atoms with Gasteiger partial charge >= 0.3 is 0 Å². The molecule has 1 saturated heterocycles. The normalized spacial score (nSPS) is 21.1. The second kappa shape index (κ2) is 9.56. The average molecular weight is 421 g/mol. The van der Waals surface area contributed by atoms with Crippen molar-refractivity contribution in [3.63, 3.8) is 0 Å². The molecule has 4 rings (SSSR count). The van der Waals surface area contributed by atoms with E-state index < -0.39 is 6.10 Å². The number of aliphatic hydroxyl groups is 2. The third kappa shape index (κ3) is 5.47. The Balaban J connectivity index is 1.46. The molecular weight excluding hydrogens is 392 g/mol. The number of benzene rings is 2. The van der Waals surface area contributed by atoms with Gasteiger partial charge in [0.25, 0.3) is 0 Å². The fraction of sp³-hybridized carbons (Fsp3) is 0.360. The van der Waals surface area contributed by atoms with Crippen LogP contribution in [-0.2, 0) is 11.2 Å². The zero-order chi connectivity index (χ0) is 21.8. The van der Waals surface area contributed by atoms with E-state index in [9.17, 15) is 10.2 Å². The van der Waals surface area contributed by atoms with Crippen molar-refractivity contribution in [2.24, 2.45) is 0 Å². The third-order valence-electron chi connectivity index (χ3n) is 5.64. The third-order valence-corrected chi connectivity index (χ3v) is 5.64. The van der Waals surface area contributed by atoms with Crippen LogP contribution in [0.15, 0.2) is 54.6 Å². The van der Waals surface area contributed by atoms with Crippen molar-refractivity contribution in [1.29, 1.82) is 0 Å². The molecule has 0 spiro atoms. The predicted octanol–water partition coefficient (Wildman–Crippen LogP) is 4.05. The number of ether oxygens (including phenoxy) is 2. The summed E-state index contributed by atoms with van der Waals surface area (Å²) in [6, 6.07) is 17.9. The average Bonchev–Trinajstić information content (AvgIpc) is 2.77. The van der Waals surface area contributed by atoms with Gasteiger partial charge in [0.2, 0.25) is 5.88 Å². The van der Waals surface area contributed by atoms with Gasteiger partial charge in [0.15, 0.2) is 0 Å². The lowest BCUT2D eigenvalue weighted by molar-refractivity contribution is -0.113. The van der Waals surface area contributed by atoms with Gasteiger partial charge in [-0.2, -0.15) is 5.10 Å². The van der Waals surface area contributed by atoms with E-state index in [1.165, 1.54) is 16.7 Å². The van der Waals surface area contributed by atoms with Gasteiger partial charge in [0, 0.05) is 18.9 Å². The number of aliphatic hydroxyl groups excluding tert-OH is 2. The van der Waals surface area contributed by atoms with E-state index >= 15 is 0 Å². The first kappa shape index (κ1) is 21.4. The van der Waals surface area contributed by atoms with E-state index in [4.69, 9.17) is 9.47 Å². The molecule has 1 fully saturated rings. The number of nitrogens with zero attached hydrogens (tertiary/aromatic N) is 2. The SMILES string of the molecule is Cc1ccc(Oc2ccc(Cc3cc([C@H]4CC(O)C[C@@H](CO)O4)ccc3C)cc2)nn1. The van der Waals surface area contributed by atoms with Gasteiger partial charge in [-0.3, -0.25) is 0 Å². The number of rotatable bonds is 6. The van der Waals surface area contributed by atoms with E-state index in [0.717, 1.165) is 17.7 Å². The van der Waals surface area contributed by atoms with Gasteiger partial charge in [-0.05, 0) is 60.7 Å². The summed E-state index contributed by atoms with van der Waals surface area (Å²) in [5.41, 5.74) is 5.46. The number of aromatic nitrogens is 2. The van der Waals surface area contributed by atoms with Crippen LogP contribution in [0.1, 0.15) is 46.9 Å². The van der Waals surface area contributed by atoms with Crippen LogP contribution in [0.5, 0.6) is 11.6 Å². The molecule has 0 aliphatic carbocycles. The fourth-order valence-electron chi connectivity index (χ4n) is 3.86. The monoisotopic (exact) mass is 420 g/mol. The predicted molar refractivity (Wildman–Crippen MR) is 117 cm³/mol. The first-order chi connectivity index (χ1) is 15.0. The quantitative estimate of drug-likeness (QED) is 0.626. The smallest absolute Gasteiger partial charge is 0.238 e. The Labute approximate surface area is 182 Å². The van der Waals surface area contributed by atoms with E-state index in [1.807, 2.05) is 37.3 Å². The van der Waals surface area contributed by atoms with Crippen LogP contribution in [0.3, 0.4) is 0 Å². The van der Waals surface area contributed by atoms with Gasteiger partial charge < -0.3 is 19.7 Å². The van der Waals surface area contributed by atoms with E-state index in [1.54, 1.807) is 6.07 Å². The lowest BCUT2D eigenvalue weighted by atomic mass is 9.92. The summed E-state index contributed by atoms with van der Waals surface area (Å²) < 4.78 is 11.7. The van der Waals surface area contributed by atoms with E-state index in [-0.39, 0.29) is 18.8 Å². The molecule has 31 heavy (non-hydrogen) atoms. The summed E-state index contributed by atoms with van der Waals surface area (Å²) >= 11 is 0. The molecule has 0 bridgehead atoms. The van der Waals surface area contributed by atoms with Crippen molar-refractivity contribution in [3.05, 3.63) is 82.5 Å². The van der Waals surface area contributed by atoms with Gasteiger partial charge in [0.05, 0.1) is 30.6 Å². The second-order valence-corrected chi connectivity index (χ2v) is 8.18. The minimum atomic E-state index is -0.452. The summed E-state index contributed by atoms with van der Waals surface area (Å²) in [5.74, 6) is 1.18. The van der Waals surface area contributed by atoms with Crippen molar-refractivity contribution in [2.75, 3.05) is 6.61 Å². The van der Waals surface area contributed by atoms with Crippen molar-refractivity contribution in [2.45, 2.75) is 51.4 Å². The topological polar surface area (TPSA) is 84.7 Å². The van der Waals surface area contributed by atoms with Gasteiger partial charge in [-0.15, -0.1) is 5.10 Å². The first-order valence-electron chi connectivity index (χ1n) is 10.6. The Kier molecular flexibility index (Phi) is 6.61. The molecule has 6 nitrogen and oxygen atoms in total. The minimum absolute atomic E-state index is 0.0745. The maximum absolute atomic E-state index is 10.1. The van der Waals surface area contributed by atoms with E-state index in [0.29, 0.717) is 24.5 Å². The van der Waals surface area contributed by atoms with Crippen LogP contribution in [0.25, 0.3) is 0 Å². The number of hydrogen-bond acceptors (Lipinski definition) is 6. The molecule has 6 heteroatoms. The zero-order valence-corrected chi connectivity index (χ0v) is 17.9. The molecule has 2 N–H and O–H groups in total. The van der Waals surface area contributed by atoms with Crippen LogP contribution < -0.4 is 4.74 Å². The molecule has 3 aromatic rings. The largest absolute Gasteiger partial charge is 0.438 e. The van der Waals surface area contributed by atoms with Crippen LogP contribution in [-0.4, -0.2) is 39.2 Å². The maximum Gasteiger partial charge on any atom is 0.238 e. The zero-order valence-electron chi connectivity index (χ0n) is 17.9. The molecule has 1 aromatic heterocycles. The van der Waals surface area contributed by atoms with E-state index in [2.05, 4.69) is 35.3 Å². The molecule has 2 aromatic carbocycles. The maximum atomic E-state index is 10.1. The Bertz CT molecular complexity index is 1010. The highest BCUT2D eigenvalue weighted by Crippen LogP contribution is 2.33. The van der Waals surface area contributed by atoms with Gasteiger partial charge in [-0.1, -0.05) is 30.3 Å². The Morgan fingerprint density at radius 2 is 1.81 bits per heavy atom. The Morgan fingerprint density at radius 1 is 1.00 bits per heavy atom. The second-order valence-electron chi connectivity index (χ2n) is 8.18. The highest BCUT2D eigenvalue weighted by molar-refractivity contribution is 5.38. The van der Waals surface area contributed by atoms with Gasteiger partial charge in [0.1, 0.15) is 5.75 Å². The summed E-state index contributed by atoms with van der Waals surface area (Å²) in [5, 5.41) is 27.6. The van der Waals surface area contributed by atoms with Crippen molar-refractivity contribution >= 4 is 0 Å². The Hall–Kier alpha value is -2.80. The molecule has 2 heterocycles. The molecule has 0 amide bonds. The van der Waals surface area contributed by atoms with Crippen LogP contribution in [0.2, 0.25) is 0 Å². The standard InChI is InChI=1S/C25H28N2O4/c1-16-3-7-19(24-14-21(29)13-23(15-28)30-24)12-20(16)11-18-5-8-22(9-6-18)31-25-10-4-17(2)26-27-25/h3-10,12,21,23-24,28-29H,11,13-15H2,1-2H3/t21?,23-,24+/m0/s1. The molecular formula is C25H28N2O4. The molecule has 1 aliphatic heterocycles. The molecule has 0 saturated carbocycles. The summed E-state index contributed by atoms with van der Waals surface area (Å²) in [7, 11) is 0. The fourth-order valence-corrected chi connectivity index (χ4v) is 3.86. The molecule has 0 radical (unpaired) electrons. The van der Waals surface area contributed by atoms with Crippen LogP contribution in [0, 0.1) is 13.8 Å². The van der Waals surface area contributed by atoms with Crippen molar-refractivity contribution in [3.8, 4) is 11.6 Å². The molecule has 3 atom stereocenters. The number of aryl methyl sites for hydroxylation is 2. The summed E-state index contributed by atoms with van der Waals surface area (Å²) in [6.45, 7) is 3.91. The van der Waals surface area contributed by atoms with Crippen LogP contribution in [0.4, 0.5) is 0 Å². The van der Waals surface area contributed by atoms with Crippen LogP contribution >= 0.6 is 0 Å². The molecule has 1 aliphatic rings. The number of hydrogen-bond donors (Lipinski definition) is 2. The highest BCUT2D eigenvalue weighted by Gasteiger charge is 2.29. The van der Waals surface area contributed by atoms with Crippen molar-refractivity contribution < 1.29 is 19.7 Å². The Morgan fingerprint density at radius 3 is 2.52 bits per heavy atom. The summed E-state index contributed by atoms with van der Waals surface area (Å²) in [4.78, 5) is 0. The lowest BCUT2D eigenvalue weighted by Crippen LogP contribution is -2.33. The summed E-state index contributed by atoms with van der Waals surface area (Å²) in [6.07, 6.45) is 0.840. The lowest BCUT2D eigenvalue weighted by Gasteiger charge is -2.32. The first-order valence-corrected chi connectivity index (χ1v) is 10.6. The van der Waals surface area contributed by atoms with Gasteiger partial charge in [-0.25, -0.2) is 0 Å². The van der Waals surface area contributed by atoms with Crippen molar-refractivity contribution in [1.82, 2.24) is 10.2 Å². The minimum Gasteiger partial charge on any atom is -0.438 e.